The Morgan fingerprint density at radius 3 is 2.55 bits per heavy atom. The summed E-state index contributed by atoms with van der Waals surface area (Å²) >= 11 is 6.21. The van der Waals surface area contributed by atoms with E-state index in [1.807, 2.05) is 38.1 Å². The summed E-state index contributed by atoms with van der Waals surface area (Å²) in [5, 5.41) is 9.77. The molecule has 0 spiro atoms. The smallest absolute Gasteiger partial charge is 0.374 e. The average molecular weight is 321 g/mol. The topological polar surface area (TPSA) is 72.3 Å². The van der Waals surface area contributed by atoms with Crippen molar-refractivity contribution in [3.63, 3.8) is 0 Å². The maximum absolute atomic E-state index is 11.2. The van der Waals surface area contributed by atoms with E-state index in [1.165, 1.54) is 7.11 Å². The monoisotopic (exact) mass is 320 g/mol. The number of carboxylic acid groups (broad SMARTS) is 1. The molecule has 0 saturated heterocycles. The van der Waals surface area contributed by atoms with Crippen molar-refractivity contribution in [2.24, 2.45) is 0 Å². The number of aromatic carboxylic acids is 1. The first-order valence-corrected chi connectivity index (χ1v) is 7.23. The third kappa shape index (κ3) is 3.36. The largest absolute Gasteiger partial charge is 0.481 e. The van der Waals surface area contributed by atoms with Crippen LogP contribution in [0.15, 0.2) is 24.3 Å². The molecule has 2 aromatic rings. The Kier molecular flexibility index (Phi) is 4.98. The minimum absolute atomic E-state index is 0.0347. The quantitative estimate of drug-likeness (QED) is 0.912. The van der Waals surface area contributed by atoms with Gasteiger partial charge in [-0.2, -0.15) is 4.98 Å². The maximum Gasteiger partial charge on any atom is 0.374 e. The van der Waals surface area contributed by atoms with E-state index in [0.717, 1.165) is 11.1 Å². The number of carbonyl (C=O) groups is 1. The van der Waals surface area contributed by atoms with Crippen LogP contribution in [-0.4, -0.2) is 28.2 Å². The lowest BCUT2D eigenvalue weighted by atomic mass is 9.98. The van der Waals surface area contributed by atoms with E-state index in [-0.39, 0.29) is 17.6 Å². The lowest BCUT2D eigenvalue weighted by Crippen LogP contribution is -2.13. The summed E-state index contributed by atoms with van der Waals surface area (Å²) in [6.07, 6.45) is 0.482. The van der Waals surface area contributed by atoms with Gasteiger partial charge in [-0.05, 0) is 17.5 Å². The van der Waals surface area contributed by atoms with Gasteiger partial charge in [0.25, 0.3) is 0 Å². The van der Waals surface area contributed by atoms with Crippen molar-refractivity contribution in [2.75, 3.05) is 7.11 Å². The fourth-order valence-corrected chi connectivity index (χ4v) is 2.42. The van der Waals surface area contributed by atoms with Crippen molar-refractivity contribution in [3.8, 4) is 5.88 Å². The number of halogens is 1. The minimum Gasteiger partial charge on any atom is -0.481 e. The van der Waals surface area contributed by atoms with Crippen molar-refractivity contribution in [1.29, 1.82) is 0 Å². The highest BCUT2D eigenvalue weighted by Gasteiger charge is 2.21. The minimum atomic E-state index is -1.18. The third-order valence-electron chi connectivity index (χ3n) is 3.26. The van der Waals surface area contributed by atoms with Gasteiger partial charge >= 0.3 is 5.97 Å². The van der Waals surface area contributed by atoms with E-state index >= 15 is 0 Å². The molecule has 1 heterocycles. The Morgan fingerprint density at radius 1 is 1.32 bits per heavy atom. The van der Waals surface area contributed by atoms with Crippen LogP contribution < -0.4 is 4.74 Å². The molecule has 0 aliphatic rings. The van der Waals surface area contributed by atoms with Crippen LogP contribution in [-0.2, 0) is 6.42 Å². The van der Waals surface area contributed by atoms with E-state index in [0.29, 0.717) is 17.1 Å². The lowest BCUT2D eigenvalue weighted by Gasteiger charge is -2.16. The number of carboxylic acids is 1. The van der Waals surface area contributed by atoms with Crippen LogP contribution >= 0.6 is 11.6 Å². The molecule has 22 heavy (non-hydrogen) atoms. The van der Waals surface area contributed by atoms with Crippen molar-refractivity contribution in [1.82, 2.24) is 9.97 Å². The molecule has 116 valence electrons. The second-order valence-corrected chi connectivity index (χ2v) is 5.56. The Hall–Kier alpha value is -2.14. The summed E-state index contributed by atoms with van der Waals surface area (Å²) in [5.74, 6) is -1.13. The molecule has 0 fully saturated rings. The van der Waals surface area contributed by atoms with Gasteiger partial charge in [-0.3, -0.25) is 0 Å². The van der Waals surface area contributed by atoms with Crippen molar-refractivity contribution in [3.05, 3.63) is 51.9 Å². The highest BCUT2D eigenvalue weighted by molar-refractivity contribution is 6.31. The van der Waals surface area contributed by atoms with Crippen LogP contribution in [0.25, 0.3) is 0 Å². The zero-order valence-electron chi connectivity index (χ0n) is 12.6. The summed E-state index contributed by atoms with van der Waals surface area (Å²) in [4.78, 5) is 19.3. The molecule has 0 saturated carbocycles. The first-order chi connectivity index (χ1) is 10.4. The molecule has 0 amide bonds. The van der Waals surface area contributed by atoms with E-state index in [2.05, 4.69) is 9.97 Å². The second kappa shape index (κ2) is 6.75. The molecule has 0 radical (unpaired) electrons. The van der Waals surface area contributed by atoms with E-state index in [1.54, 1.807) is 0 Å². The van der Waals surface area contributed by atoms with E-state index in [9.17, 15) is 4.79 Å². The van der Waals surface area contributed by atoms with Crippen LogP contribution in [0, 0.1) is 0 Å². The van der Waals surface area contributed by atoms with Gasteiger partial charge in [0.1, 0.15) is 0 Å². The molecule has 6 heteroatoms. The Bertz CT molecular complexity index is 702. The van der Waals surface area contributed by atoms with E-state index in [4.69, 9.17) is 21.4 Å². The maximum atomic E-state index is 11.2. The number of aromatic nitrogens is 2. The summed E-state index contributed by atoms with van der Waals surface area (Å²) in [6, 6.07) is 7.48. The van der Waals surface area contributed by atoms with Gasteiger partial charge < -0.3 is 9.84 Å². The molecular weight excluding hydrogens is 304 g/mol. The lowest BCUT2D eigenvalue weighted by molar-refractivity contribution is 0.0681. The number of hydrogen-bond acceptors (Lipinski definition) is 4. The molecule has 0 aliphatic carbocycles. The molecule has 1 aromatic carbocycles. The van der Waals surface area contributed by atoms with E-state index < -0.39 is 5.97 Å². The van der Waals surface area contributed by atoms with Crippen LogP contribution in [0.1, 0.15) is 47.2 Å². The van der Waals surface area contributed by atoms with Crippen LogP contribution in [0.5, 0.6) is 5.88 Å². The van der Waals surface area contributed by atoms with Crippen molar-refractivity contribution in [2.45, 2.75) is 26.2 Å². The third-order valence-corrected chi connectivity index (χ3v) is 3.63. The number of benzene rings is 1. The van der Waals surface area contributed by atoms with Gasteiger partial charge in [-0.15, -0.1) is 0 Å². The van der Waals surface area contributed by atoms with Crippen LogP contribution in [0.2, 0.25) is 5.02 Å². The zero-order valence-corrected chi connectivity index (χ0v) is 13.4. The number of methoxy groups -OCH3 is 1. The highest BCUT2D eigenvalue weighted by atomic mass is 35.5. The SMILES string of the molecule is COc1nc(C(=O)O)nc(C(C)C)c1Cc1ccccc1Cl. The first-order valence-electron chi connectivity index (χ1n) is 6.85. The predicted molar refractivity (Wildman–Crippen MR) is 83.9 cm³/mol. The fourth-order valence-electron chi connectivity index (χ4n) is 2.22. The second-order valence-electron chi connectivity index (χ2n) is 5.15. The van der Waals surface area contributed by atoms with Gasteiger partial charge in [0.15, 0.2) is 0 Å². The number of ether oxygens (including phenoxy) is 1. The Labute approximate surface area is 133 Å². The normalized spacial score (nSPS) is 10.8. The van der Waals surface area contributed by atoms with Gasteiger partial charge in [-0.25, -0.2) is 9.78 Å². The molecule has 1 N–H and O–H groups in total. The van der Waals surface area contributed by atoms with Crippen LogP contribution in [0.3, 0.4) is 0 Å². The number of hydrogen-bond donors (Lipinski definition) is 1. The Balaban J connectivity index is 2.58. The summed E-state index contributed by atoms with van der Waals surface area (Å²) in [5.41, 5.74) is 2.33. The molecule has 0 bridgehead atoms. The molecule has 5 nitrogen and oxygen atoms in total. The Morgan fingerprint density at radius 2 is 2.00 bits per heavy atom. The van der Waals surface area contributed by atoms with Crippen molar-refractivity contribution < 1.29 is 14.6 Å². The fraction of sp³-hybridized carbons (Fsp3) is 0.312. The molecular formula is C16H17ClN2O3. The number of nitrogens with zero attached hydrogens (tertiary/aromatic N) is 2. The summed E-state index contributed by atoms with van der Waals surface area (Å²) in [6.45, 7) is 3.90. The molecule has 0 aliphatic heterocycles. The predicted octanol–water partition coefficient (Wildman–Crippen LogP) is 3.55. The summed E-state index contributed by atoms with van der Waals surface area (Å²) < 4.78 is 5.28. The highest BCUT2D eigenvalue weighted by Crippen LogP contribution is 2.29. The van der Waals surface area contributed by atoms with Gasteiger partial charge in [0.2, 0.25) is 11.7 Å². The van der Waals surface area contributed by atoms with Gasteiger partial charge in [0.05, 0.1) is 12.8 Å². The molecule has 1 aromatic heterocycles. The first kappa shape index (κ1) is 16.2. The van der Waals surface area contributed by atoms with Crippen LogP contribution in [0.4, 0.5) is 0 Å². The molecule has 2 rings (SSSR count). The molecule has 0 atom stereocenters. The average Bonchev–Trinajstić information content (AvgIpc) is 2.49. The molecule has 0 unspecified atom stereocenters. The van der Waals surface area contributed by atoms with Gasteiger partial charge in [0, 0.05) is 17.0 Å². The standard InChI is InChI=1S/C16H17ClN2O3/c1-9(2)13-11(8-10-6-4-5-7-12(10)17)15(22-3)19-14(18-13)16(20)21/h4-7,9H,8H2,1-3H3,(H,20,21). The van der Waals surface area contributed by atoms with Gasteiger partial charge in [-0.1, -0.05) is 43.6 Å². The summed E-state index contributed by atoms with van der Waals surface area (Å²) in [7, 11) is 1.47. The zero-order chi connectivity index (χ0) is 16.3. The number of rotatable bonds is 5. The van der Waals surface area contributed by atoms with Crippen molar-refractivity contribution >= 4 is 17.6 Å².